The zero-order valence-electron chi connectivity index (χ0n) is 14.7. The molecule has 0 fully saturated rings. The van der Waals surface area contributed by atoms with Gasteiger partial charge in [-0.15, -0.1) is 11.8 Å². The quantitative estimate of drug-likeness (QED) is 0.649. The fraction of sp³-hybridized carbons (Fsp3) is 0.286. The molecule has 0 saturated carbocycles. The molecule has 4 rings (SSSR count). The lowest BCUT2D eigenvalue weighted by molar-refractivity contribution is 0.779. The Morgan fingerprint density at radius 1 is 1.08 bits per heavy atom. The van der Waals surface area contributed by atoms with Gasteiger partial charge < -0.3 is 5.32 Å². The number of thioether (sulfide) groups is 1. The third-order valence-electron chi connectivity index (χ3n) is 4.74. The first-order valence-electron chi connectivity index (χ1n) is 8.84. The first-order valence-corrected chi connectivity index (χ1v) is 10.1. The molecule has 128 valence electrons. The van der Waals surface area contributed by atoms with Crippen LogP contribution in [0.4, 0.5) is 5.82 Å². The maximum atomic E-state index is 5.06. The second-order valence-electron chi connectivity index (χ2n) is 6.51. The molecular formula is C21H23N3S. The van der Waals surface area contributed by atoms with Crippen LogP contribution in [-0.4, -0.2) is 22.6 Å². The molecule has 0 amide bonds. The van der Waals surface area contributed by atoms with Gasteiger partial charge in [0, 0.05) is 22.6 Å². The number of benzene rings is 2. The second kappa shape index (κ2) is 6.96. The summed E-state index contributed by atoms with van der Waals surface area (Å²) in [6.45, 7) is 3.14. The van der Waals surface area contributed by atoms with Crippen molar-refractivity contribution in [1.29, 1.82) is 0 Å². The summed E-state index contributed by atoms with van der Waals surface area (Å²) in [6.07, 6.45) is 5.61. The zero-order valence-corrected chi connectivity index (χ0v) is 15.6. The highest BCUT2D eigenvalue weighted by Crippen LogP contribution is 2.37. The average Bonchev–Trinajstić information content (AvgIpc) is 2.82. The van der Waals surface area contributed by atoms with E-state index < -0.39 is 0 Å². The zero-order chi connectivity index (χ0) is 17.2. The molecule has 0 radical (unpaired) electrons. The fourth-order valence-corrected chi connectivity index (χ4v) is 4.10. The van der Waals surface area contributed by atoms with E-state index in [0.29, 0.717) is 0 Å². The van der Waals surface area contributed by atoms with Crippen LogP contribution in [0, 0.1) is 6.92 Å². The van der Waals surface area contributed by atoms with Gasteiger partial charge in [-0.3, -0.25) is 0 Å². The lowest BCUT2D eigenvalue weighted by Crippen LogP contribution is -2.07. The Bertz CT molecular complexity index is 898. The van der Waals surface area contributed by atoms with E-state index in [9.17, 15) is 0 Å². The van der Waals surface area contributed by atoms with Gasteiger partial charge >= 0.3 is 0 Å². The van der Waals surface area contributed by atoms with Crippen LogP contribution < -0.4 is 5.32 Å². The minimum absolute atomic E-state index is 1.01. The van der Waals surface area contributed by atoms with Crippen molar-refractivity contribution in [3.8, 4) is 16.9 Å². The lowest BCUT2D eigenvalue weighted by atomic mass is 10.0. The molecule has 4 heteroatoms. The van der Waals surface area contributed by atoms with Crippen LogP contribution >= 0.6 is 11.8 Å². The normalized spacial score (nSPS) is 13.8. The van der Waals surface area contributed by atoms with Gasteiger partial charge in [-0.1, -0.05) is 30.3 Å². The molecule has 0 atom stereocenters. The molecule has 1 aliphatic heterocycles. The number of nitrogens with zero attached hydrogens (tertiary/aromatic N) is 2. The Kier molecular flexibility index (Phi) is 4.53. The van der Waals surface area contributed by atoms with Gasteiger partial charge in [-0.25, -0.2) is 4.68 Å². The number of nitrogens with one attached hydrogen (secondary N) is 1. The average molecular weight is 350 g/mol. The summed E-state index contributed by atoms with van der Waals surface area (Å²) in [5, 5.41) is 8.70. The third-order valence-corrected chi connectivity index (χ3v) is 5.53. The predicted molar refractivity (Wildman–Crippen MR) is 107 cm³/mol. The molecular weight excluding hydrogens is 326 g/mol. The van der Waals surface area contributed by atoms with Gasteiger partial charge in [0.15, 0.2) is 0 Å². The highest BCUT2D eigenvalue weighted by molar-refractivity contribution is 7.98. The smallest absolute Gasteiger partial charge is 0.133 e. The molecule has 1 aromatic heterocycles. The molecule has 3 nitrogen and oxygen atoms in total. The van der Waals surface area contributed by atoms with Crippen LogP contribution in [0.25, 0.3) is 16.9 Å². The van der Waals surface area contributed by atoms with E-state index in [1.54, 1.807) is 11.8 Å². The molecule has 1 aliphatic rings. The summed E-state index contributed by atoms with van der Waals surface area (Å²) < 4.78 is 2.10. The Hall–Kier alpha value is -2.20. The number of anilines is 1. The fourth-order valence-electron chi connectivity index (χ4n) is 3.51. The Balaban J connectivity index is 1.94. The van der Waals surface area contributed by atoms with Crippen LogP contribution in [0.15, 0.2) is 53.4 Å². The van der Waals surface area contributed by atoms with Crippen LogP contribution in [0.5, 0.6) is 0 Å². The summed E-state index contributed by atoms with van der Waals surface area (Å²) in [4.78, 5) is 1.28. The van der Waals surface area contributed by atoms with Crippen molar-refractivity contribution in [3.63, 3.8) is 0 Å². The third kappa shape index (κ3) is 3.07. The van der Waals surface area contributed by atoms with Crippen molar-refractivity contribution in [2.24, 2.45) is 0 Å². The molecule has 0 saturated heterocycles. The molecule has 2 heterocycles. The lowest BCUT2D eigenvalue weighted by Gasteiger charge is -2.09. The number of aromatic nitrogens is 2. The molecule has 3 aromatic rings. The number of hydrogen-bond acceptors (Lipinski definition) is 3. The minimum Gasteiger partial charge on any atom is -0.370 e. The highest BCUT2D eigenvalue weighted by Gasteiger charge is 2.22. The van der Waals surface area contributed by atoms with Crippen LogP contribution in [0.2, 0.25) is 0 Å². The summed E-state index contributed by atoms with van der Waals surface area (Å²) in [7, 11) is 0. The van der Waals surface area contributed by atoms with E-state index in [-0.39, 0.29) is 0 Å². The summed E-state index contributed by atoms with van der Waals surface area (Å²) in [5.74, 6) is 1.16. The molecule has 0 aliphatic carbocycles. The van der Waals surface area contributed by atoms with Crippen molar-refractivity contribution in [2.75, 3.05) is 18.1 Å². The van der Waals surface area contributed by atoms with E-state index in [2.05, 4.69) is 71.7 Å². The van der Waals surface area contributed by atoms with Gasteiger partial charge in [-0.05, 0) is 56.2 Å². The maximum absolute atomic E-state index is 5.06. The standard InChI is InChI=1S/C21H23N3S/c1-15-8-7-9-16(14-15)24-21-18(11-5-6-13-22-21)20(23-24)17-10-3-4-12-19(17)25-2/h3-4,7-10,12,14,22H,5-6,11,13H2,1-2H3. The van der Waals surface area contributed by atoms with Gasteiger partial charge in [0.25, 0.3) is 0 Å². The van der Waals surface area contributed by atoms with Gasteiger partial charge in [0.1, 0.15) is 5.82 Å². The van der Waals surface area contributed by atoms with Crippen molar-refractivity contribution in [3.05, 3.63) is 59.7 Å². The van der Waals surface area contributed by atoms with Crippen molar-refractivity contribution in [1.82, 2.24) is 9.78 Å². The Morgan fingerprint density at radius 2 is 1.96 bits per heavy atom. The SMILES string of the molecule is CSc1ccccc1-c1nn(-c2cccc(C)c2)c2c1CCCCN2. The highest BCUT2D eigenvalue weighted by atomic mass is 32.2. The first-order chi connectivity index (χ1) is 12.3. The van der Waals surface area contributed by atoms with E-state index in [1.807, 2.05) is 0 Å². The van der Waals surface area contributed by atoms with Gasteiger partial charge in [0.2, 0.25) is 0 Å². The summed E-state index contributed by atoms with van der Waals surface area (Å²) in [5.41, 5.74) is 6.08. The number of rotatable bonds is 3. The minimum atomic E-state index is 1.01. The van der Waals surface area contributed by atoms with Crippen molar-refractivity contribution < 1.29 is 0 Å². The maximum Gasteiger partial charge on any atom is 0.133 e. The molecule has 0 bridgehead atoms. The van der Waals surface area contributed by atoms with Crippen LogP contribution in [0.1, 0.15) is 24.0 Å². The summed E-state index contributed by atoms with van der Waals surface area (Å²) in [6, 6.07) is 17.2. The first kappa shape index (κ1) is 16.3. The van der Waals surface area contributed by atoms with E-state index >= 15 is 0 Å². The van der Waals surface area contributed by atoms with Crippen LogP contribution in [0.3, 0.4) is 0 Å². The number of aryl methyl sites for hydroxylation is 1. The molecule has 1 N–H and O–H groups in total. The molecule has 0 spiro atoms. The predicted octanol–water partition coefficient (Wildman–Crippen LogP) is 5.32. The van der Waals surface area contributed by atoms with E-state index in [0.717, 1.165) is 30.2 Å². The molecule has 0 unspecified atom stereocenters. The Morgan fingerprint density at radius 3 is 2.80 bits per heavy atom. The largest absolute Gasteiger partial charge is 0.370 e. The van der Waals surface area contributed by atoms with Gasteiger partial charge in [0.05, 0.1) is 11.4 Å². The van der Waals surface area contributed by atoms with E-state index in [4.69, 9.17) is 5.10 Å². The van der Waals surface area contributed by atoms with Gasteiger partial charge in [-0.2, -0.15) is 5.10 Å². The van der Waals surface area contributed by atoms with Crippen LogP contribution in [-0.2, 0) is 6.42 Å². The number of fused-ring (bicyclic) bond motifs is 1. The molecule has 2 aromatic carbocycles. The second-order valence-corrected chi connectivity index (χ2v) is 7.36. The number of hydrogen-bond donors (Lipinski definition) is 1. The van der Waals surface area contributed by atoms with Crippen molar-refractivity contribution in [2.45, 2.75) is 31.1 Å². The van der Waals surface area contributed by atoms with E-state index in [1.165, 1.54) is 34.4 Å². The molecule has 25 heavy (non-hydrogen) atoms. The van der Waals surface area contributed by atoms with Crippen molar-refractivity contribution >= 4 is 17.6 Å². The topological polar surface area (TPSA) is 29.9 Å². The monoisotopic (exact) mass is 349 g/mol. The summed E-state index contributed by atoms with van der Waals surface area (Å²) >= 11 is 1.78. The Labute approximate surface area is 153 Å².